The van der Waals surface area contributed by atoms with Crippen molar-refractivity contribution in [2.75, 3.05) is 18.4 Å². The van der Waals surface area contributed by atoms with Gasteiger partial charge in [-0.3, -0.25) is 4.79 Å². The molecule has 0 bridgehead atoms. The van der Waals surface area contributed by atoms with Crippen LogP contribution in [0.4, 0.5) is 5.69 Å². The molecule has 2 aliphatic rings. The zero-order valence-electron chi connectivity index (χ0n) is 17.7. The summed E-state index contributed by atoms with van der Waals surface area (Å²) in [5, 5.41) is 3.07. The third kappa shape index (κ3) is 4.16. The summed E-state index contributed by atoms with van der Waals surface area (Å²) in [6.45, 7) is 4.97. The highest BCUT2D eigenvalue weighted by molar-refractivity contribution is 7.89. The topological polar surface area (TPSA) is 66.5 Å². The van der Waals surface area contributed by atoms with Crippen LogP contribution in [0.25, 0.3) is 0 Å². The molecule has 4 rings (SSSR count). The largest absolute Gasteiger partial charge is 0.326 e. The predicted molar refractivity (Wildman–Crippen MR) is 119 cm³/mol. The molecule has 5 nitrogen and oxygen atoms in total. The van der Waals surface area contributed by atoms with Crippen LogP contribution in [0.15, 0.2) is 47.4 Å². The maximum atomic E-state index is 13.1. The maximum absolute atomic E-state index is 13.1. The zero-order valence-corrected chi connectivity index (χ0v) is 18.5. The van der Waals surface area contributed by atoms with Gasteiger partial charge in [0.1, 0.15) is 0 Å². The van der Waals surface area contributed by atoms with Crippen molar-refractivity contribution in [2.45, 2.75) is 56.8 Å². The van der Waals surface area contributed by atoms with Crippen molar-refractivity contribution in [1.29, 1.82) is 0 Å². The average molecular weight is 427 g/mol. The van der Waals surface area contributed by atoms with Gasteiger partial charge >= 0.3 is 0 Å². The van der Waals surface area contributed by atoms with Crippen LogP contribution in [0.3, 0.4) is 0 Å². The van der Waals surface area contributed by atoms with Crippen molar-refractivity contribution >= 4 is 21.6 Å². The fraction of sp³-hybridized carbons (Fsp3) is 0.458. The second-order valence-corrected chi connectivity index (χ2v) is 10.6. The highest BCUT2D eigenvalue weighted by atomic mass is 32.2. The van der Waals surface area contributed by atoms with E-state index in [-0.39, 0.29) is 11.8 Å². The van der Waals surface area contributed by atoms with E-state index in [0.29, 0.717) is 36.7 Å². The normalized spacial score (nSPS) is 17.8. The first-order chi connectivity index (χ1) is 14.4. The average Bonchev–Trinajstić information content (AvgIpc) is 3.22. The summed E-state index contributed by atoms with van der Waals surface area (Å²) in [4.78, 5) is 13.2. The molecule has 6 heteroatoms. The Morgan fingerprint density at radius 1 is 1.03 bits per heavy atom. The molecule has 1 fully saturated rings. The highest BCUT2D eigenvalue weighted by Gasteiger charge is 2.32. The summed E-state index contributed by atoms with van der Waals surface area (Å²) in [7, 11) is -3.51. The van der Waals surface area contributed by atoms with Crippen LogP contribution < -0.4 is 5.32 Å². The number of hydrogen-bond acceptors (Lipinski definition) is 3. The Hall–Kier alpha value is -2.18. The van der Waals surface area contributed by atoms with E-state index in [1.165, 1.54) is 9.87 Å². The molecule has 1 aliphatic carbocycles. The Morgan fingerprint density at radius 2 is 1.73 bits per heavy atom. The third-order valence-corrected chi connectivity index (χ3v) is 8.27. The number of hydrogen-bond donors (Lipinski definition) is 1. The second-order valence-electron chi connectivity index (χ2n) is 8.69. The number of para-hydroxylation sites is 1. The molecule has 0 saturated carbocycles. The van der Waals surface area contributed by atoms with Crippen molar-refractivity contribution in [1.82, 2.24) is 4.31 Å². The molecule has 0 unspecified atom stereocenters. The van der Waals surface area contributed by atoms with Crippen LogP contribution in [-0.2, 0) is 27.7 Å². The number of amides is 1. The molecular formula is C24H30N2O3S. The van der Waals surface area contributed by atoms with E-state index in [2.05, 4.69) is 19.2 Å². The molecule has 1 amide bonds. The lowest BCUT2D eigenvalue weighted by Gasteiger charge is -2.31. The summed E-state index contributed by atoms with van der Waals surface area (Å²) in [5.41, 5.74) is 4.40. The van der Waals surface area contributed by atoms with Gasteiger partial charge in [0.15, 0.2) is 0 Å². The fourth-order valence-corrected chi connectivity index (χ4v) is 6.09. The summed E-state index contributed by atoms with van der Waals surface area (Å²) in [6, 6.07) is 13.4. The second kappa shape index (κ2) is 8.52. The van der Waals surface area contributed by atoms with Crippen molar-refractivity contribution < 1.29 is 13.2 Å². The van der Waals surface area contributed by atoms with Gasteiger partial charge in [-0.15, -0.1) is 0 Å². The minimum absolute atomic E-state index is 0.0160. The minimum atomic E-state index is -3.51. The Bertz CT molecular complexity index is 1040. The van der Waals surface area contributed by atoms with Gasteiger partial charge in [-0.05, 0) is 72.9 Å². The molecular weight excluding hydrogens is 396 g/mol. The minimum Gasteiger partial charge on any atom is -0.326 e. The van der Waals surface area contributed by atoms with Crippen LogP contribution >= 0.6 is 0 Å². The number of piperidine rings is 1. The van der Waals surface area contributed by atoms with Gasteiger partial charge in [0.25, 0.3) is 0 Å². The van der Waals surface area contributed by atoms with Crippen LogP contribution in [0.1, 0.15) is 55.7 Å². The van der Waals surface area contributed by atoms with Crippen molar-refractivity contribution in [3.8, 4) is 0 Å². The van der Waals surface area contributed by atoms with E-state index in [1.807, 2.05) is 36.4 Å². The number of aryl methyl sites for hydroxylation is 2. The molecule has 30 heavy (non-hydrogen) atoms. The smallest absolute Gasteiger partial charge is 0.243 e. The van der Waals surface area contributed by atoms with Crippen LogP contribution in [0.2, 0.25) is 0 Å². The number of carbonyl (C=O) groups excluding carboxylic acids is 1. The molecule has 0 atom stereocenters. The van der Waals surface area contributed by atoms with Gasteiger partial charge in [0.2, 0.25) is 15.9 Å². The molecule has 0 aromatic heterocycles. The molecule has 160 valence electrons. The molecule has 0 spiro atoms. The van der Waals surface area contributed by atoms with Gasteiger partial charge in [-0.2, -0.15) is 4.31 Å². The number of benzene rings is 2. The van der Waals surface area contributed by atoms with E-state index in [0.717, 1.165) is 36.1 Å². The summed E-state index contributed by atoms with van der Waals surface area (Å²) in [5.74, 6) is 0.134. The number of sulfonamides is 1. The lowest BCUT2D eigenvalue weighted by atomic mass is 9.96. The Balaban J connectivity index is 1.40. The number of nitrogens with one attached hydrogen (secondary N) is 1. The quantitative estimate of drug-likeness (QED) is 0.773. The molecule has 1 aliphatic heterocycles. The predicted octanol–water partition coefficient (Wildman–Crippen LogP) is 4.34. The first-order valence-electron chi connectivity index (χ1n) is 10.9. The van der Waals surface area contributed by atoms with Gasteiger partial charge in [0, 0.05) is 24.7 Å². The molecule has 0 radical (unpaired) electrons. The lowest BCUT2D eigenvalue weighted by Crippen LogP contribution is -2.41. The van der Waals surface area contributed by atoms with Gasteiger partial charge < -0.3 is 5.32 Å². The van der Waals surface area contributed by atoms with Crippen LogP contribution in [-0.4, -0.2) is 31.7 Å². The number of anilines is 1. The monoisotopic (exact) mass is 426 g/mol. The first-order valence-corrected chi connectivity index (χ1v) is 12.3. The SMILES string of the molecule is CC(C)c1ccccc1NC(=O)C1CCN(S(=O)(=O)c2ccc3c(c2)CCC3)CC1. The Kier molecular flexibility index (Phi) is 5.98. The van der Waals surface area contributed by atoms with E-state index >= 15 is 0 Å². The number of carbonyl (C=O) groups is 1. The fourth-order valence-electron chi connectivity index (χ4n) is 4.57. The summed E-state index contributed by atoms with van der Waals surface area (Å²) < 4.78 is 27.7. The van der Waals surface area contributed by atoms with Gasteiger partial charge in [0.05, 0.1) is 4.90 Å². The van der Waals surface area contributed by atoms with E-state index in [9.17, 15) is 13.2 Å². The summed E-state index contributed by atoms with van der Waals surface area (Å²) >= 11 is 0. The summed E-state index contributed by atoms with van der Waals surface area (Å²) in [6.07, 6.45) is 4.17. The van der Waals surface area contributed by atoms with Gasteiger partial charge in [-0.25, -0.2) is 8.42 Å². The molecule has 1 saturated heterocycles. The zero-order chi connectivity index (χ0) is 21.3. The van der Waals surface area contributed by atoms with E-state index in [1.54, 1.807) is 6.07 Å². The van der Waals surface area contributed by atoms with Crippen molar-refractivity contribution in [3.05, 3.63) is 59.2 Å². The van der Waals surface area contributed by atoms with E-state index in [4.69, 9.17) is 0 Å². The molecule has 2 aromatic rings. The van der Waals surface area contributed by atoms with E-state index < -0.39 is 10.0 Å². The molecule has 1 heterocycles. The standard InChI is InChI=1S/C24H30N2O3S/c1-17(2)22-8-3-4-9-23(22)25-24(27)19-12-14-26(15-13-19)30(28,29)21-11-10-18-6-5-7-20(18)16-21/h3-4,8-11,16-17,19H,5-7,12-15H2,1-2H3,(H,25,27). The molecule has 1 N–H and O–H groups in total. The Morgan fingerprint density at radius 3 is 2.47 bits per heavy atom. The van der Waals surface area contributed by atoms with Gasteiger partial charge in [-0.1, -0.05) is 38.1 Å². The molecule has 2 aromatic carbocycles. The number of nitrogens with zero attached hydrogens (tertiary/aromatic N) is 1. The van der Waals surface area contributed by atoms with Crippen molar-refractivity contribution in [2.24, 2.45) is 5.92 Å². The maximum Gasteiger partial charge on any atom is 0.243 e. The highest BCUT2D eigenvalue weighted by Crippen LogP contribution is 2.30. The number of fused-ring (bicyclic) bond motifs is 1. The van der Waals surface area contributed by atoms with Crippen molar-refractivity contribution in [3.63, 3.8) is 0 Å². The lowest BCUT2D eigenvalue weighted by molar-refractivity contribution is -0.120. The first kappa shape index (κ1) is 21.1. The van der Waals surface area contributed by atoms with Crippen LogP contribution in [0.5, 0.6) is 0 Å². The third-order valence-electron chi connectivity index (χ3n) is 6.37. The Labute approximate surface area is 179 Å². The van der Waals surface area contributed by atoms with Crippen LogP contribution in [0, 0.1) is 5.92 Å². The number of rotatable bonds is 5.